The number of likely N-dealkylation sites (tertiary alicyclic amines) is 1. The first kappa shape index (κ1) is 15.8. The Morgan fingerprint density at radius 3 is 2.76 bits per heavy atom. The predicted octanol–water partition coefficient (Wildman–Crippen LogP) is 1.34. The number of rotatable bonds is 5. The van der Waals surface area contributed by atoms with E-state index in [0.717, 1.165) is 45.0 Å². The van der Waals surface area contributed by atoms with E-state index in [2.05, 4.69) is 32.3 Å². The molecule has 0 atom stereocenters. The van der Waals surface area contributed by atoms with E-state index in [-0.39, 0.29) is 0 Å². The lowest BCUT2D eigenvalue weighted by atomic mass is 10.1. The monoisotopic (exact) mass is 295 g/mol. The van der Waals surface area contributed by atoms with E-state index >= 15 is 0 Å². The molecule has 0 saturated carbocycles. The molecule has 2 heterocycles. The number of nitrogens with zero attached hydrogens (tertiary/aromatic N) is 4. The van der Waals surface area contributed by atoms with Gasteiger partial charge in [0.05, 0.1) is 6.10 Å². The molecule has 1 N–H and O–H groups in total. The average molecular weight is 295 g/mol. The summed E-state index contributed by atoms with van der Waals surface area (Å²) in [6.45, 7) is 9.88. The number of nitrogens with one attached hydrogen (secondary N) is 1. The molecule has 0 amide bonds. The number of ether oxygens (including phenoxy) is 1. The van der Waals surface area contributed by atoms with Crippen molar-refractivity contribution < 1.29 is 9.26 Å². The Hall–Kier alpha value is -1.63. The second-order valence-corrected chi connectivity index (χ2v) is 5.04. The van der Waals surface area contributed by atoms with E-state index < -0.39 is 0 Å². The van der Waals surface area contributed by atoms with E-state index in [4.69, 9.17) is 9.26 Å². The number of piperidine rings is 1. The molecule has 0 aliphatic carbocycles. The average Bonchev–Trinajstić information content (AvgIpc) is 2.90. The van der Waals surface area contributed by atoms with Gasteiger partial charge in [0.2, 0.25) is 5.89 Å². The highest BCUT2D eigenvalue weighted by molar-refractivity contribution is 5.80. The maximum Gasteiger partial charge on any atom is 0.223 e. The lowest BCUT2D eigenvalue weighted by molar-refractivity contribution is 0.0263. The van der Waals surface area contributed by atoms with Crippen LogP contribution in [0.5, 0.6) is 0 Å². The first-order valence-electron chi connectivity index (χ1n) is 7.67. The standard InChI is InChI=1S/C14H25N5O2/c1-4-15-14(16-10-13-17-11(3)21-18-13)19-8-6-12(7-9-19)20-5-2/h12H,4-10H2,1-3H3,(H,15,16). The predicted molar refractivity (Wildman–Crippen MR) is 80.1 cm³/mol. The van der Waals surface area contributed by atoms with Crippen LogP contribution in [0.4, 0.5) is 0 Å². The number of aryl methyl sites for hydroxylation is 1. The van der Waals surface area contributed by atoms with Crippen LogP contribution in [0.2, 0.25) is 0 Å². The topological polar surface area (TPSA) is 75.8 Å². The van der Waals surface area contributed by atoms with Crippen LogP contribution in [-0.4, -0.2) is 53.3 Å². The summed E-state index contributed by atoms with van der Waals surface area (Å²) in [6.07, 6.45) is 2.47. The zero-order valence-electron chi connectivity index (χ0n) is 13.1. The maximum atomic E-state index is 5.68. The lowest BCUT2D eigenvalue weighted by Crippen LogP contribution is -2.47. The van der Waals surface area contributed by atoms with Gasteiger partial charge in [0.25, 0.3) is 0 Å². The van der Waals surface area contributed by atoms with E-state index in [1.807, 2.05) is 6.92 Å². The second kappa shape index (κ2) is 7.97. The number of aromatic nitrogens is 2. The van der Waals surface area contributed by atoms with Crippen LogP contribution >= 0.6 is 0 Å². The Labute approximate surface area is 125 Å². The molecule has 2 rings (SSSR count). The molecule has 118 valence electrons. The van der Waals surface area contributed by atoms with Crippen LogP contribution in [0.15, 0.2) is 9.52 Å². The number of hydrogen-bond acceptors (Lipinski definition) is 5. The fourth-order valence-electron chi connectivity index (χ4n) is 2.45. The third-order valence-corrected chi connectivity index (χ3v) is 3.42. The van der Waals surface area contributed by atoms with Crippen molar-refractivity contribution in [3.05, 3.63) is 11.7 Å². The molecule has 0 unspecified atom stereocenters. The van der Waals surface area contributed by atoms with Gasteiger partial charge in [0.1, 0.15) is 6.54 Å². The highest BCUT2D eigenvalue weighted by Gasteiger charge is 2.21. The molecule has 1 aromatic rings. The SMILES string of the molecule is CCNC(=NCc1noc(C)n1)N1CCC(OCC)CC1. The molecule has 1 aromatic heterocycles. The van der Waals surface area contributed by atoms with Crippen molar-refractivity contribution in [3.63, 3.8) is 0 Å². The van der Waals surface area contributed by atoms with E-state index in [9.17, 15) is 0 Å². The fourth-order valence-corrected chi connectivity index (χ4v) is 2.45. The molecule has 0 bridgehead atoms. The van der Waals surface area contributed by atoms with Gasteiger partial charge >= 0.3 is 0 Å². The molecule has 0 aromatic carbocycles. The van der Waals surface area contributed by atoms with Crippen molar-refractivity contribution in [2.24, 2.45) is 4.99 Å². The van der Waals surface area contributed by atoms with Crippen LogP contribution in [-0.2, 0) is 11.3 Å². The van der Waals surface area contributed by atoms with Crippen molar-refractivity contribution in [1.29, 1.82) is 0 Å². The molecule has 1 aliphatic rings. The van der Waals surface area contributed by atoms with Gasteiger partial charge in [-0.05, 0) is 26.7 Å². The quantitative estimate of drug-likeness (QED) is 0.652. The summed E-state index contributed by atoms with van der Waals surface area (Å²) in [5, 5.41) is 7.20. The van der Waals surface area contributed by atoms with Crippen molar-refractivity contribution >= 4 is 5.96 Å². The van der Waals surface area contributed by atoms with Gasteiger partial charge in [-0.1, -0.05) is 5.16 Å². The van der Waals surface area contributed by atoms with Crippen molar-refractivity contribution in [2.45, 2.75) is 46.3 Å². The fraction of sp³-hybridized carbons (Fsp3) is 0.786. The third kappa shape index (κ3) is 4.70. The molecule has 0 radical (unpaired) electrons. The third-order valence-electron chi connectivity index (χ3n) is 3.42. The molecule has 7 nitrogen and oxygen atoms in total. The summed E-state index contributed by atoms with van der Waals surface area (Å²) in [7, 11) is 0. The van der Waals surface area contributed by atoms with Gasteiger partial charge in [-0.15, -0.1) is 0 Å². The molecular formula is C14H25N5O2. The molecule has 1 aliphatic heterocycles. The van der Waals surface area contributed by atoms with Crippen LogP contribution in [0.3, 0.4) is 0 Å². The maximum absolute atomic E-state index is 5.68. The van der Waals surface area contributed by atoms with Crippen LogP contribution < -0.4 is 5.32 Å². The summed E-state index contributed by atoms with van der Waals surface area (Å²) in [5.41, 5.74) is 0. The first-order chi connectivity index (χ1) is 10.2. The Morgan fingerprint density at radius 2 is 2.19 bits per heavy atom. The minimum Gasteiger partial charge on any atom is -0.378 e. The van der Waals surface area contributed by atoms with Crippen LogP contribution in [0, 0.1) is 6.92 Å². The van der Waals surface area contributed by atoms with Crippen molar-refractivity contribution in [3.8, 4) is 0 Å². The molecule has 21 heavy (non-hydrogen) atoms. The summed E-state index contributed by atoms with van der Waals surface area (Å²) in [4.78, 5) is 11.0. The van der Waals surface area contributed by atoms with Gasteiger partial charge in [0, 0.05) is 33.2 Å². The van der Waals surface area contributed by atoms with E-state index in [1.54, 1.807) is 6.92 Å². The van der Waals surface area contributed by atoms with Gasteiger partial charge in [-0.2, -0.15) is 4.98 Å². The summed E-state index contributed by atoms with van der Waals surface area (Å²) < 4.78 is 10.6. The van der Waals surface area contributed by atoms with Gasteiger partial charge in [0.15, 0.2) is 11.8 Å². The van der Waals surface area contributed by atoms with Gasteiger partial charge in [-0.25, -0.2) is 4.99 Å². The van der Waals surface area contributed by atoms with E-state index in [0.29, 0.717) is 24.4 Å². The van der Waals surface area contributed by atoms with Crippen LogP contribution in [0.1, 0.15) is 38.4 Å². The van der Waals surface area contributed by atoms with Gasteiger partial charge in [-0.3, -0.25) is 0 Å². The number of aliphatic imine (C=N–C) groups is 1. The summed E-state index contributed by atoms with van der Waals surface area (Å²) >= 11 is 0. The molecule has 7 heteroatoms. The smallest absolute Gasteiger partial charge is 0.223 e. The Bertz CT molecular complexity index is 452. The largest absolute Gasteiger partial charge is 0.378 e. The highest BCUT2D eigenvalue weighted by atomic mass is 16.5. The molecule has 0 spiro atoms. The molecule has 1 fully saturated rings. The van der Waals surface area contributed by atoms with Crippen molar-refractivity contribution in [2.75, 3.05) is 26.2 Å². The summed E-state index contributed by atoms with van der Waals surface area (Å²) in [5.74, 6) is 2.10. The van der Waals surface area contributed by atoms with Gasteiger partial charge < -0.3 is 19.5 Å². The molecular weight excluding hydrogens is 270 g/mol. The lowest BCUT2D eigenvalue weighted by Gasteiger charge is -2.34. The minimum atomic E-state index is 0.383. The number of hydrogen-bond donors (Lipinski definition) is 1. The number of guanidine groups is 1. The summed E-state index contributed by atoms with van der Waals surface area (Å²) in [6, 6.07) is 0. The highest BCUT2D eigenvalue weighted by Crippen LogP contribution is 2.14. The molecule has 1 saturated heterocycles. The Balaban J connectivity index is 1.92. The second-order valence-electron chi connectivity index (χ2n) is 5.04. The zero-order valence-corrected chi connectivity index (χ0v) is 13.1. The van der Waals surface area contributed by atoms with Crippen molar-refractivity contribution in [1.82, 2.24) is 20.4 Å². The minimum absolute atomic E-state index is 0.383. The Kier molecular flexibility index (Phi) is 5.98. The normalized spacial score (nSPS) is 17.3. The zero-order chi connectivity index (χ0) is 15.1. The Morgan fingerprint density at radius 1 is 1.43 bits per heavy atom. The van der Waals surface area contributed by atoms with Crippen LogP contribution in [0.25, 0.3) is 0 Å². The van der Waals surface area contributed by atoms with E-state index in [1.165, 1.54) is 0 Å². The first-order valence-corrected chi connectivity index (χ1v) is 7.67.